The van der Waals surface area contributed by atoms with Crippen LogP contribution in [-0.2, 0) is 23.9 Å². The monoisotopic (exact) mass is 423 g/mol. The zero-order chi connectivity index (χ0) is 22.4. The molecule has 9 nitrogen and oxygen atoms in total. The molecule has 3 fully saturated rings. The summed E-state index contributed by atoms with van der Waals surface area (Å²) < 4.78 is 10.3. The third-order valence-electron chi connectivity index (χ3n) is 6.59. The highest BCUT2D eigenvalue weighted by molar-refractivity contribution is 5.91. The van der Waals surface area contributed by atoms with Gasteiger partial charge in [0.05, 0.1) is 7.11 Å². The van der Waals surface area contributed by atoms with E-state index in [2.05, 4.69) is 24.5 Å². The van der Waals surface area contributed by atoms with E-state index in [1.54, 1.807) is 20.8 Å². The number of esters is 1. The van der Waals surface area contributed by atoms with Crippen LogP contribution in [0.5, 0.6) is 0 Å². The molecular weight excluding hydrogens is 390 g/mol. The fourth-order valence-electron chi connectivity index (χ4n) is 4.86. The summed E-state index contributed by atoms with van der Waals surface area (Å²) in [4.78, 5) is 51.7. The molecule has 1 saturated carbocycles. The van der Waals surface area contributed by atoms with Crippen molar-refractivity contribution in [2.24, 2.45) is 23.2 Å². The molecule has 0 aromatic carbocycles. The summed E-state index contributed by atoms with van der Waals surface area (Å²) in [5.41, 5.74) is -0.739. The van der Waals surface area contributed by atoms with E-state index in [0.29, 0.717) is 19.5 Å². The van der Waals surface area contributed by atoms with Crippen LogP contribution in [0.4, 0.5) is 4.79 Å². The Labute approximate surface area is 177 Å². The molecule has 168 valence electrons. The summed E-state index contributed by atoms with van der Waals surface area (Å²) in [6.45, 7) is 10.5. The molecule has 0 aromatic rings. The molecule has 2 heterocycles. The molecule has 0 aromatic heterocycles. The first kappa shape index (κ1) is 22.4. The summed E-state index contributed by atoms with van der Waals surface area (Å²) in [5.74, 6) is -1.29. The standard InChI is InChI=1S/C21H33N3O6/c1-20(2,3)30-19(28)24-10-12-14(21(12,4)5)15(24)17(26)23-13(18(27)29-6)9-11-7-8-22-16(11)25/h11-15H,7-10H2,1-6H3,(H,22,25)(H,23,26)/t11-,12-,13-,14+,15-/m0/s1. The third kappa shape index (κ3) is 4.25. The van der Waals surface area contributed by atoms with Crippen molar-refractivity contribution < 1.29 is 28.7 Å². The number of piperidine rings is 1. The van der Waals surface area contributed by atoms with Gasteiger partial charge < -0.3 is 20.1 Å². The smallest absolute Gasteiger partial charge is 0.410 e. The Balaban J connectivity index is 1.75. The van der Waals surface area contributed by atoms with Crippen LogP contribution in [0, 0.1) is 23.2 Å². The Morgan fingerprint density at radius 1 is 1.30 bits per heavy atom. The minimum absolute atomic E-state index is 0.00176. The van der Waals surface area contributed by atoms with Crippen molar-refractivity contribution in [3.8, 4) is 0 Å². The third-order valence-corrected chi connectivity index (χ3v) is 6.59. The number of nitrogens with zero attached hydrogens (tertiary/aromatic N) is 1. The van der Waals surface area contributed by atoms with Crippen molar-refractivity contribution in [2.75, 3.05) is 20.2 Å². The Morgan fingerprint density at radius 3 is 2.50 bits per heavy atom. The molecule has 3 aliphatic rings. The van der Waals surface area contributed by atoms with Gasteiger partial charge in [0.15, 0.2) is 0 Å². The number of nitrogens with one attached hydrogen (secondary N) is 2. The van der Waals surface area contributed by atoms with Gasteiger partial charge in [-0.25, -0.2) is 9.59 Å². The average Bonchev–Trinajstić information content (AvgIpc) is 3.01. The van der Waals surface area contributed by atoms with Crippen molar-refractivity contribution in [2.45, 2.75) is 65.1 Å². The van der Waals surface area contributed by atoms with Crippen LogP contribution in [0.15, 0.2) is 0 Å². The number of methoxy groups -OCH3 is 1. The summed E-state index contributed by atoms with van der Waals surface area (Å²) in [6, 6.07) is -1.66. The van der Waals surface area contributed by atoms with Crippen molar-refractivity contribution in [3.05, 3.63) is 0 Å². The zero-order valence-corrected chi connectivity index (χ0v) is 18.6. The molecule has 2 aliphatic heterocycles. The van der Waals surface area contributed by atoms with Crippen LogP contribution in [-0.4, -0.2) is 66.7 Å². The second-order valence-electron chi connectivity index (χ2n) is 10.1. The molecule has 0 radical (unpaired) electrons. The van der Waals surface area contributed by atoms with Gasteiger partial charge in [-0.1, -0.05) is 13.8 Å². The van der Waals surface area contributed by atoms with Crippen LogP contribution >= 0.6 is 0 Å². The summed E-state index contributed by atoms with van der Waals surface area (Å²) in [7, 11) is 1.25. The van der Waals surface area contributed by atoms with Gasteiger partial charge in [0.25, 0.3) is 0 Å². The number of carbonyl (C=O) groups is 4. The van der Waals surface area contributed by atoms with E-state index in [1.807, 2.05) is 0 Å². The lowest BCUT2D eigenvalue weighted by molar-refractivity contribution is -0.146. The van der Waals surface area contributed by atoms with E-state index in [1.165, 1.54) is 12.0 Å². The Morgan fingerprint density at radius 2 is 1.97 bits per heavy atom. The molecule has 1 aliphatic carbocycles. The van der Waals surface area contributed by atoms with E-state index in [0.717, 1.165) is 0 Å². The fourth-order valence-corrected chi connectivity index (χ4v) is 4.86. The highest BCUT2D eigenvalue weighted by Crippen LogP contribution is 2.65. The Kier molecular flexibility index (Phi) is 5.77. The number of fused-ring (bicyclic) bond motifs is 1. The lowest BCUT2D eigenvalue weighted by Gasteiger charge is -2.32. The maximum atomic E-state index is 13.3. The highest BCUT2D eigenvalue weighted by Gasteiger charge is 2.69. The molecule has 5 atom stereocenters. The van der Waals surface area contributed by atoms with Gasteiger partial charge >= 0.3 is 12.1 Å². The fraction of sp³-hybridized carbons (Fsp3) is 0.810. The lowest BCUT2D eigenvalue weighted by atomic mass is 9.97. The largest absolute Gasteiger partial charge is 0.467 e. The molecule has 3 rings (SSSR count). The first-order valence-corrected chi connectivity index (χ1v) is 10.5. The minimum Gasteiger partial charge on any atom is -0.467 e. The van der Waals surface area contributed by atoms with Gasteiger partial charge in [0.2, 0.25) is 11.8 Å². The second-order valence-corrected chi connectivity index (χ2v) is 10.1. The van der Waals surface area contributed by atoms with Gasteiger partial charge in [0, 0.05) is 19.0 Å². The van der Waals surface area contributed by atoms with Crippen molar-refractivity contribution >= 4 is 23.9 Å². The maximum absolute atomic E-state index is 13.3. The molecule has 3 amide bonds. The number of likely N-dealkylation sites (tertiary alicyclic amines) is 1. The predicted molar refractivity (Wildman–Crippen MR) is 107 cm³/mol. The van der Waals surface area contributed by atoms with E-state index in [-0.39, 0.29) is 35.5 Å². The molecule has 2 N–H and O–H groups in total. The van der Waals surface area contributed by atoms with Crippen molar-refractivity contribution in [3.63, 3.8) is 0 Å². The van der Waals surface area contributed by atoms with Crippen LogP contribution in [0.2, 0.25) is 0 Å². The number of amides is 3. The van der Waals surface area contributed by atoms with E-state index in [4.69, 9.17) is 9.47 Å². The van der Waals surface area contributed by atoms with Crippen LogP contribution in [0.3, 0.4) is 0 Å². The van der Waals surface area contributed by atoms with E-state index in [9.17, 15) is 19.2 Å². The number of hydrogen-bond acceptors (Lipinski definition) is 6. The van der Waals surface area contributed by atoms with Crippen molar-refractivity contribution in [1.29, 1.82) is 0 Å². The quantitative estimate of drug-likeness (QED) is 0.639. The van der Waals surface area contributed by atoms with Gasteiger partial charge in [-0.15, -0.1) is 0 Å². The minimum atomic E-state index is -0.947. The molecule has 0 bridgehead atoms. The summed E-state index contributed by atoms with van der Waals surface area (Å²) >= 11 is 0. The summed E-state index contributed by atoms with van der Waals surface area (Å²) in [5, 5.41) is 5.49. The SMILES string of the molecule is COC(=O)[C@H](C[C@@H]1CCNC1=O)NC(=O)[C@@H]1[C@H]2[C@H](CN1C(=O)OC(C)(C)C)C2(C)C. The molecule has 9 heteroatoms. The van der Waals surface area contributed by atoms with Gasteiger partial charge in [-0.3, -0.25) is 14.5 Å². The van der Waals surface area contributed by atoms with Gasteiger partial charge in [-0.2, -0.15) is 0 Å². The van der Waals surface area contributed by atoms with Gasteiger partial charge in [0.1, 0.15) is 17.7 Å². The Bertz CT molecular complexity index is 744. The molecule has 0 spiro atoms. The normalized spacial score (nSPS) is 30.2. The molecule has 0 unspecified atom stereocenters. The summed E-state index contributed by atoms with van der Waals surface area (Å²) in [6.07, 6.45) is 0.240. The number of hydrogen-bond donors (Lipinski definition) is 2. The molecule has 2 saturated heterocycles. The lowest BCUT2D eigenvalue weighted by Crippen LogP contribution is -2.54. The van der Waals surface area contributed by atoms with Crippen LogP contribution in [0.1, 0.15) is 47.5 Å². The maximum Gasteiger partial charge on any atom is 0.410 e. The highest BCUT2D eigenvalue weighted by atomic mass is 16.6. The van der Waals surface area contributed by atoms with Crippen molar-refractivity contribution in [1.82, 2.24) is 15.5 Å². The zero-order valence-electron chi connectivity index (χ0n) is 18.6. The molecular formula is C21H33N3O6. The van der Waals surface area contributed by atoms with Crippen LogP contribution in [0.25, 0.3) is 0 Å². The number of ether oxygens (including phenoxy) is 2. The van der Waals surface area contributed by atoms with Crippen LogP contribution < -0.4 is 10.6 Å². The van der Waals surface area contributed by atoms with E-state index >= 15 is 0 Å². The number of carbonyl (C=O) groups excluding carboxylic acids is 4. The number of rotatable bonds is 5. The Hall–Kier alpha value is -2.32. The first-order valence-electron chi connectivity index (χ1n) is 10.5. The topological polar surface area (TPSA) is 114 Å². The second kappa shape index (κ2) is 7.74. The first-order chi connectivity index (χ1) is 13.9. The average molecular weight is 424 g/mol. The molecule has 30 heavy (non-hydrogen) atoms. The van der Waals surface area contributed by atoms with E-state index < -0.39 is 35.7 Å². The van der Waals surface area contributed by atoms with Gasteiger partial charge in [-0.05, 0) is 50.9 Å². The predicted octanol–water partition coefficient (Wildman–Crippen LogP) is 1.06.